The Morgan fingerprint density at radius 3 is 2.95 bits per heavy atom. The average Bonchev–Trinajstić information content (AvgIpc) is 2.74. The first-order chi connectivity index (χ1) is 9.22. The maximum absolute atomic E-state index is 4.73. The second kappa shape index (κ2) is 6.96. The summed E-state index contributed by atoms with van der Waals surface area (Å²) in [7, 11) is 0. The number of rotatable bonds is 7. The zero-order chi connectivity index (χ0) is 13.7. The monoisotopic (exact) mass is 277 g/mol. The Morgan fingerprint density at radius 2 is 2.21 bits per heavy atom. The molecule has 0 spiro atoms. The summed E-state index contributed by atoms with van der Waals surface area (Å²) < 4.78 is 2.20. The van der Waals surface area contributed by atoms with E-state index in [9.17, 15) is 0 Å². The lowest BCUT2D eigenvalue weighted by atomic mass is 10.2. The van der Waals surface area contributed by atoms with Gasteiger partial charge >= 0.3 is 0 Å². The minimum Gasteiger partial charge on any atom is -0.311 e. The lowest BCUT2D eigenvalue weighted by molar-refractivity contribution is 0.544. The van der Waals surface area contributed by atoms with E-state index in [-0.39, 0.29) is 0 Å². The molecule has 4 heteroatoms. The second-order valence-electron chi connectivity index (χ2n) is 5.17. The summed E-state index contributed by atoms with van der Waals surface area (Å²) in [6.07, 6.45) is 3.28. The highest BCUT2D eigenvalue weighted by Crippen LogP contribution is 2.24. The first-order valence-corrected chi connectivity index (χ1v) is 8.00. The molecular weight excluding hydrogens is 254 g/mol. The van der Waals surface area contributed by atoms with Crippen LogP contribution in [0.2, 0.25) is 0 Å². The van der Waals surface area contributed by atoms with E-state index in [1.165, 1.54) is 17.1 Å². The number of imidazole rings is 1. The first-order valence-electron chi connectivity index (χ1n) is 7.01. The van der Waals surface area contributed by atoms with Gasteiger partial charge in [-0.1, -0.05) is 26.8 Å². The summed E-state index contributed by atoms with van der Waals surface area (Å²) in [6.45, 7) is 8.59. The summed E-state index contributed by atoms with van der Waals surface area (Å²) in [4.78, 5) is 4.73. The van der Waals surface area contributed by atoms with Crippen LogP contribution in [0.5, 0.6) is 0 Å². The minimum absolute atomic E-state index is 0.672. The van der Waals surface area contributed by atoms with Crippen LogP contribution >= 0.6 is 11.8 Å². The number of aromatic nitrogens is 2. The Balaban J connectivity index is 2.21. The Bertz CT molecular complexity index is 519. The summed E-state index contributed by atoms with van der Waals surface area (Å²) in [5.41, 5.74) is 2.33. The third-order valence-electron chi connectivity index (χ3n) is 2.88. The van der Waals surface area contributed by atoms with Crippen LogP contribution in [0.4, 0.5) is 0 Å². The van der Waals surface area contributed by atoms with E-state index in [4.69, 9.17) is 4.98 Å². The molecule has 0 saturated heterocycles. The van der Waals surface area contributed by atoms with Crippen molar-refractivity contribution >= 4 is 17.4 Å². The number of nitrogens with zero attached hydrogens (tertiary/aromatic N) is 2. The van der Waals surface area contributed by atoms with Crippen LogP contribution in [0.25, 0.3) is 5.65 Å². The molecule has 1 N–H and O–H groups in total. The molecule has 2 aromatic rings. The fourth-order valence-corrected chi connectivity index (χ4v) is 2.87. The van der Waals surface area contributed by atoms with Crippen molar-refractivity contribution in [3.63, 3.8) is 0 Å². The Morgan fingerprint density at radius 1 is 1.37 bits per heavy atom. The zero-order valence-corrected chi connectivity index (χ0v) is 12.8. The Kier molecular flexibility index (Phi) is 5.28. The fourth-order valence-electron chi connectivity index (χ4n) is 1.98. The molecule has 3 nitrogen and oxygen atoms in total. The van der Waals surface area contributed by atoms with E-state index >= 15 is 0 Å². The molecule has 19 heavy (non-hydrogen) atoms. The van der Waals surface area contributed by atoms with Crippen LogP contribution in [0, 0.1) is 5.92 Å². The number of hydrogen-bond donors (Lipinski definition) is 1. The third kappa shape index (κ3) is 3.74. The van der Waals surface area contributed by atoms with Gasteiger partial charge in [0.1, 0.15) is 10.7 Å². The van der Waals surface area contributed by atoms with E-state index < -0.39 is 0 Å². The van der Waals surface area contributed by atoms with Crippen LogP contribution in [0.15, 0.2) is 29.4 Å². The molecule has 0 aliphatic carbocycles. The molecule has 2 rings (SSSR count). The highest BCUT2D eigenvalue weighted by atomic mass is 32.2. The van der Waals surface area contributed by atoms with Crippen LogP contribution < -0.4 is 5.32 Å². The molecule has 2 aromatic heterocycles. The van der Waals surface area contributed by atoms with Crippen molar-refractivity contribution in [2.24, 2.45) is 5.92 Å². The Labute approximate surface area is 119 Å². The van der Waals surface area contributed by atoms with Gasteiger partial charge in [0.2, 0.25) is 0 Å². The van der Waals surface area contributed by atoms with Gasteiger partial charge in [-0.2, -0.15) is 0 Å². The van der Waals surface area contributed by atoms with Gasteiger partial charge in [0.15, 0.2) is 0 Å². The van der Waals surface area contributed by atoms with E-state index in [0.717, 1.165) is 24.5 Å². The topological polar surface area (TPSA) is 29.3 Å². The number of hydrogen-bond acceptors (Lipinski definition) is 3. The number of thioether (sulfide) groups is 1. The van der Waals surface area contributed by atoms with Gasteiger partial charge in [-0.3, -0.25) is 0 Å². The number of nitrogens with one attached hydrogen (secondary N) is 1. The van der Waals surface area contributed by atoms with Gasteiger partial charge in [-0.25, -0.2) is 4.98 Å². The largest absolute Gasteiger partial charge is 0.311 e. The standard InChI is InChI=1S/C15H23N3S/c1-4-9-19-15-13(11-16-10-12(2)3)18-8-6-5-7-14(18)17-15/h5-8,12,16H,4,9-11H2,1-3H3. The second-order valence-corrected chi connectivity index (χ2v) is 6.25. The predicted molar refractivity (Wildman–Crippen MR) is 82.8 cm³/mol. The fraction of sp³-hybridized carbons (Fsp3) is 0.533. The maximum atomic E-state index is 4.73. The van der Waals surface area contributed by atoms with Gasteiger partial charge in [-0.05, 0) is 36.8 Å². The molecule has 0 bridgehead atoms. The van der Waals surface area contributed by atoms with Crippen LogP contribution in [-0.2, 0) is 6.54 Å². The molecule has 0 amide bonds. The zero-order valence-electron chi connectivity index (χ0n) is 12.0. The summed E-state index contributed by atoms with van der Waals surface area (Å²) >= 11 is 1.86. The SMILES string of the molecule is CCCSc1nc2ccccn2c1CNCC(C)C. The van der Waals surface area contributed by atoms with E-state index in [2.05, 4.69) is 48.8 Å². The van der Waals surface area contributed by atoms with E-state index in [0.29, 0.717) is 5.92 Å². The molecule has 104 valence electrons. The molecule has 0 aromatic carbocycles. The average molecular weight is 277 g/mol. The van der Waals surface area contributed by atoms with Crippen LogP contribution in [0.3, 0.4) is 0 Å². The maximum Gasteiger partial charge on any atom is 0.138 e. The molecule has 2 heterocycles. The molecular formula is C15H23N3S. The lowest BCUT2D eigenvalue weighted by Gasteiger charge is -2.08. The molecule has 0 radical (unpaired) electrons. The van der Waals surface area contributed by atoms with Crippen molar-refractivity contribution in [3.05, 3.63) is 30.1 Å². The first kappa shape index (κ1) is 14.4. The van der Waals surface area contributed by atoms with Gasteiger partial charge in [0.25, 0.3) is 0 Å². The number of fused-ring (bicyclic) bond motifs is 1. The molecule has 0 saturated carbocycles. The van der Waals surface area contributed by atoms with Crippen LogP contribution in [0.1, 0.15) is 32.9 Å². The smallest absolute Gasteiger partial charge is 0.138 e. The summed E-state index contributed by atoms with van der Waals surface area (Å²) in [5, 5.41) is 4.69. The van der Waals surface area contributed by atoms with Crippen molar-refractivity contribution in [2.75, 3.05) is 12.3 Å². The third-order valence-corrected chi connectivity index (χ3v) is 4.09. The summed E-state index contributed by atoms with van der Waals surface area (Å²) in [5.74, 6) is 1.80. The van der Waals surface area contributed by atoms with Crippen molar-refractivity contribution in [1.82, 2.24) is 14.7 Å². The predicted octanol–water partition coefficient (Wildman–Crippen LogP) is 3.58. The normalized spacial score (nSPS) is 11.6. The highest BCUT2D eigenvalue weighted by molar-refractivity contribution is 7.99. The van der Waals surface area contributed by atoms with Crippen molar-refractivity contribution in [1.29, 1.82) is 0 Å². The van der Waals surface area contributed by atoms with Crippen molar-refractivity contribution in [3.8, 4) is 0 Å². The number of pyridine rings is 1. The van der Waals surface area contributed by atoms with Crippen LogP contribution in [-0.4, -0.2) is 21.7 Å². The van der Waals surface area contributed by atoms with Crippen molar-refractivity contribution < 1.29 is 0 Å². The Hall–Kier alpha value is -1.00. The van der Waals surface area contributed by atoms with E-state index in [1.807, 2.05) is 17.8 Å². The quantitative estimate of drug-likeness (QED) is 0.784. The van der Waals surface area contributed by atoms with Gasteiger partial charge < -0.3 is 9.72 Å². The van der Waals surface area contributed by atoms with Gasteiger partial charge in [-0.15, -0.1) is 11.8 Å². The van der Waals surface area contributed by atoms with E-state index in [1.54, 1.807) is 0 Å². The van der Waals surface area contributed by atoms with Gasteiger partial charge in [0.05, 0.1) is 5.69 Å². The molecule has 0 atom stereocenters. The highest BCUT2D eigenvalue weighted by Gasteiger charge is 2.11. The minimum atomic E-state index is 0.672. The lowest BCUT2D eigenvalue weighted by Crippen LogP contribution is -2.20. The molecule has 0 fully saturated rings. The van der Waals surface area contributed by atoms with Gasteiger partial charge in [0, 0.05) is 12.7 Å². The molecule has 0 aliphatic heterocycles. The molecule has 0 aliphatic rings. The molecule has 0 unspecified atom stereocenters. The summed E-state index contributed by atoms with van der Waals surface area (Å²) in [6, 6.07) is 6.18. The van der Waals surface area contributed by atoms with Crippen molar-refractivity contribution in [2.45, 2.75) is 38.8 Å².